The Balaban J connectivity index is 2.12. The minimum absolute atomic E-state index is 0.160. The van der Waals surface area contributed by atoms with Crippen molar-refractivity contribution in [3.8, 4) is 0 Å². The zero-order valence-corrected chi connectivity index (χ0v) is 13.4. The molecule has 21 heavy (non-hydrogen) atoms. The summed E-state index contributed by atoms with van der Waals surface area (Å²) in [6.45, 7) is 8.36. The Morgan fingerprint density at radius 3 is 2.86 bits per heavy atom. The Labute approximate surface area is 125 Å². The van der Waals surface area contributed by atoms with E-state index >= 15 is 0 Å². The van der Waals surface area contributed by atoms with Crippen LogP contribution in [0.15, 0.2) is 4.52 Å². The molecule has 0 spiro atoms. The molecule has 1 aromatic rings. The van der Waals surface area contributed by atoms with E-state index in [2.05, 4.69) is 17.1 Å². The van der Waals surface area contributed by atoms with Gasteiger partial charge < -0.3 is 9.26 Å². The van der Waals surface area contributed by atoms with E-state index in [-0.39, 0.29) is 12.1 Å². The number of rotatable bonds is 3. The van der Waals surface area contributed by atoms with Crippen LogP contribution in [0.2, 0.25) is 0 Å². The first-order chi connectivity index (χ1) is 9.90. The number of likely N-dealkylation sites (tertiary alicyclic amines) is 1. The summed E-state index contributed by atoms with van der Waals surface area (Å²) in [5.41, 5.74) is -0.499. The van der Waals surface area contributed by atoms with Gasteiger partial charge in [-0.25, -0.2) is 4.79 Å². The summed E-state index contributed by atoms with van der Waals surface area (Å²) in [6, 6.07) is -0.160. The lowest BCUT2D eigenvalue weighted by Crippen LogP contribution is -2.42. The van der Waals surface area contributed by atoms with Crippen molar-refractivity contribution in [1.29, 1.82) is 0 Å². The molecule has 1 atom stereocenters. The van der Waals surface area contributed by atoms with E-state index in [1.807, 2.05) is 20.8 Å². The van der Waals surface area contributed by atoms with Crippen LogP contribution in [-0.4, -0.2) is 33.3 Å². The smallest absolute Gasteiger partial charge is 0.410 e. The van der Waals surface area contributed by atoms with Crippen molar-refractivity contribution in [1.82, 2.24) is 15.0 Å². The molecule has 0 unspecified atom stereocenters. The Hall–Kier alpha value is -1.59. The number of ether oxygens (including phenoxy) is 1. The molecule has 1 saturated heterocycles. The third-order valence-corrected chi connectivity index (χ3v) is 3.37. The first-order valence-electron chi connectivity index (χ1n) is 7.73. The van der Waals surface area contributed by atoms with Gasteiger partial charge in [0.25, 0.3) is 0 Å². The zero-order valence-electron chi connectivity index (χ0n) is 13.4. The molecule has 0 N–H and O–H groups in total. The van der Waals surface area contributed by atoms with Crippen LogP contribution in [0.1, 0.15) is 71.1 Å². The maximum Gasteiger partial charge on any atom is 0.410 e. The molecule has 2 rings (SSSR count). The second-order valence-electron chi connectivity index (χ2n) is 6.48. The van der Waals surface area contributed by atoms with Gasteiger partial charge in [0, 0.05) is 13.0 Å². The average Bonchev–Trinajstić information content (AvgIpc) is 2.86. The highest BCUT2D eigenvalue weighted by molar-refractivity contribution is 5.68. The normalized spacial score (nSPS) is 19.6. The van der Waals surface area contributed by atoms with E-state index in [0.717, 1.165) is 32.1 Å². The minimum Gasteiger partial charge on any atom is -0.444 e. The van der Waals surface area contributed by atoms with Gasteiger partial charge in [-0.15, -0.1) is 0 Å². The molecule has 0 aromatic carbocycles. The summed E-state index contributed by atoms with van der Waals surface area (Å²) < 4.78 is 10.8. The number of aromatic nitrogens is 2. The quantitative estimate of drug-likeness (QED) is 0.854. The van der Waals surface area contributed by atoms with E-state index in [4.69, 9.17) is 9.26 Å². The fourth-order valence-electron chi connectivity index (χ4n) is 2.46. The molecule has 0 aliphatic carbocycles. The second-order valence-corrected chi connectivity index (χ2v) is 6.48. The van der Waals surface area contributed by atoms with Gasteiger partial charge in [0.1, 0.15) is 11.6 Å². The van der Waals surface area contributed by atoms with Crippen LogP contribution in [0.25, 0.3) is 0 Å². The molecule has 0 saturated carbocycles. The van der Waals surface area contributed by atoms with Gasteiger partial charge in [0.2, 0.25) is 5.89 Å². The molecule has 0 radical (unpaired) electrons. The first kappa shape index (κ1) is 15.8. The molecule has 2 heterocycles. The second kappa shape index (κ2) is 6.45. The van der Waals surface area contributed by atoms with E-state index in [9.17, 15) is 4.79 Å². The standard InChI is InChI=1S/C15H25N3O3/c1-5-8-12-16-13(21-17-12)11-9-6-7-10-18(11)14(19)20-15(2,3)4/h11H,5-10H2,1-4H3/t11-/m0/s1. The SMILES string of the molecule is CCCc1noc([C@@H]2CCCCN2C(=O)OC(C)(C)C)n1. The highest BCUT2D eigenvalue weighted by Gasteiger charge is 2.34. The van der Waals surface area contributed by atoms with Crippen molar-refractivity contribution in [2.75, 3.05) is 6.54 Å². The molecule has 1 aromatic heterocycles. The van der Waals surface area contributed by atoms with Crippen LogP contribution in [-0.2, 0) is 11.2 Å². The molecule has 6 nitrogen and oxygen atoms in total. The molecular weight excluding hydrogens is 270 g/mol. The largest absolute Gasteiger partial charge is 0.444 e. The fourth-order valence-corrected chi connectivity index (χ4v) is 2.46. The van der Waals surface area contributed by atoms with Crippen molar-refractivity contribution in [3.05, 3.63) is 11.7 Å². The van der Waals surface area contributed by atoms with Crippen LogP contribution in [0.4, 0.5) is 4.79 Å². The number of amides is 1. The number of aryl methyl sites for hydroxylation is 1. The molecule has 6 heteroatoms. The van der Waals surface area contributed by atoms with Crippen LogP contribution in [0.5, 0.6) is 0 Å². The number of piperidine rings is 1. The predicted molar refractivity (Wildman–Crippen MR) is 77.8 cm³/mol. The molecule has 1 amide bonds. The maximum absolute atomic E-state index is 12.3. The molecule has 118 valence electrons. The van der Waals surface area contributed by atoms with Crippen molar-refractivity contribution >= 4 is 6.09 Å². The third-order valence-electron chi connectivity index (χ3n) is 3.37. The summed E-state index contributed by atoms with van der Waals surface area (Å²) in [6.07, 6.45) is 4.33. The predicted octanol–water partition coefficient (Wildman–Crippen LogP) is 3.48. The van der Waals surface area contributed by atoms with Gasteiger partial charge in [-0.2, -0.15) is 4.98 Å². The number of carbonyl (C=O) groups is 1. The van der Waals surface area contributed by atoms with Gasteiger partial charge in [0.15, 0.2) is 5.82 Å². The molecule has 0 bridgehead atoms. The Bertz CT molecular complexity index is 479. The number of hydrogen-bond acceptors (Lipinski definition) is 5. The lowest BCUT2D eigenvalue weighted by Gasteiger charge is -2.34. The Kier molecular flexibility index (Phi) is 4.85. The third kappa shape index (κ3) is 4.19. The monoisotopic (exact) mass is 295 g/mol. The topological polar surface area (TPSA) is 68.5 Å². The summed E-state index contributed by atoms with van der Waals surface area (Å²) in [4.78, 5) is 18.5. The lowest BCUT2D eigenvalue weighted by atomic mass is 10.0. The van der Waals surface area contributed by atoms with Crippen LogP contribution >= 0.6 is 0 Å². The minimum atomic E-state index is -0.499. The molecule has 1 fully saturated rings. The highest BCUT2D eigenvalue weighted by atomic mass is 16.6. The van der Waals surface area contributed by atoms with E-state index < -0.39 is 5.60 Å². The summed E-state index contributed by atoms with van der Waals surface area (Å²) >= 11 is 0. The first-order valence-corrected chi connectivity index (χ1v) is 7.73. The summed E-state index contributed by atoms with van der Waals surface area (Å²) in [5.74, 6) is 1.24. The number of carbonyl (C=O) groups excluding carboxylic acids is 1. The number of hydrogen-bond donors (Lipinski definition) is 0. The van der Waals surface area contributed by atoms with Gasteiger partial charge in [-0.1, -0.05) is 12.1 Å². The van der Waals surface area contributed by atoms with Crippen LogP contribution in [0.3, 0.4) is 0 Å². The Morgan fingerprint density at radius 2 is 2.19 bits per heavy atom. The average molecular weight is 295 g/mol. The van der Waals surface area contributed by atoms with Crippen LogP contribution < -0.4 is 0 Å². The van der Waals surface area contributed by atoms with Gasteiger partial charge in [-0.3, -0.25) is 4.90 Å². The highest BCUT2D eigenvalue weighted by Crippen LogP contribution is 2.31. The van der Waals surface area contributed by atoms with Gasteiger partial charge in [0.05, 0.1) is 0 Å². The molecule has 1 aliphatic heterocycles. The summed E-state index contributed by atoms with van der Waals surface area (Å²) in [7, 11) is 0. The zero-order chi connectivity index (χ0) is 15.5. The van der Waals surface area contributed by atoms with E-state index in [0.29, 0.717) is 18.3 Å². The summed E-state index contributed by atoms with van der Waals surface area (Å²) in [5, 5.41) is 3.98. The lowest BCUT2D eigenvalue weighted by molar-refractivity contribution is 0.00538. The number of nitrogens with zero attached hydrogens (tertiary/aromatic N) is 3. The van der Waals surface area contributed by atoms with Crippen molar-refractivity contribution in [2.45, 2.75) is 71.4 Å². The van der Waals surface area contributed by atoms with Crippen LogP contribution in [0, 0.1) is 0 Å². The van der Waals surface area contributed by atoms with Crippen molar-refractivity contribution < 1.29 is 14.1 Å². The Morgan fingerprint density at radius 1 is 1.43 bits per heavy atom. The van der Waals surface area contributed by atoms with Crippen molar-refractivity contribution in [2.24, 2.45) is 0 Å². The molecule has 1 aliphatic rings. The van der Waals surface area contributed by atoms with Gasteiger partial charge >= 0.3 is 6.09 Å². The van der Waals surface area contributed by atoms with E-state index in [1.54, 1.807) is 4.90 Å². The maximum atomic E-state index is 12.3. The van der Waals surface area contributed by atoms with Crippen molar-refractivity contribution in [3.63, 3.8) is 0 Å². The fraction of sp³-hybridized carbons (Fsp3) is 0.800. The van der Waals surface area contributed by atoms with E-state index in [1.165, 1.54) is 0 Å². The van der Waals surface area contributed by atoms with Gasteiger partial charge in [-0.05, 0) is 46.5 Å². The molecular formula is C15H25N3O3.